The van der Waals surface area contributed by atoms with Gasteiger partial charge < -0.3 is 10.1 Å². The second kappa shape index (κ2) is 6.26. The zero-order valence-electron chi connectivity index (χ0n) is 10.6. The average Bonchev–Trinajstić information content (AvgIpc) is 2.25. The first-order valence-electron chi connectivity index (χ1n) is 6.04. The van der Waals surface area contributed by atoms with Crippen molar-refractivity contribution in [3.8, 4) is 0 Å². The number of piperidine rings is 1. The quantitative estimate of drug-likeness (QED) is 0.852. The van der Waals surface area contributed by atoms with Gasteiger partial charge in [0.25, 0.3) is 0 Å². The maximum atomic E-state index is 12.5. The van der Waals surface area contributed by atoms with Gasteiger partial charge in [0.15, 0.2) is 0 Å². The van der Waals surface area contributed by atoms with Gasteiger partial charge in [-0.25, -0.2) is 4.79 Å². The molecule has 18 heavy (non-hydrogen) atoms. The second-order valence-electron chi connectivity index (χ2n) is 4.66. The van der Waals surface area contributed by atoms with Crippen molar-refractivity contribution in [2.24, 2.45) is 0 Å². The molecule has 0 bridgehead atoms. The third kappa shape index (κ3) is 5.12. The number of carbonyl (C=O) groups is 1. The van der Waals surface area contributed by atoms with Crippen LogP contribution in [0.3, 0.4) is 0 Å². The summed E-state index contributed by atoms with van der Waals surface area (Å²) < 4.78 is 42.4. The molecule has 1 aliphatic heterocycles. The molecule has 1 amide bonds. The number of nitrogens with one attached hydrogen (secondary N) is 1. The third-order valence-electron chi connectivity index (χ3n) is 2.67. The molecule has 0 spiro atoms. The summed E-state index contributed by atoms with van der Waals surface area (Å²) in [6.07, 6.45) is -4.67. The van der Waals surface area contributed by atoms with Crippen LogP contribution in [0.25, 0.3) is 0 Å². The molecule has 106 valence electrons. The topological polar surface area (TPSA) is 41.6 Å². The average molecular weight is 268 g/mol. The maximum Gasteiger partial charge on any atom is 0.410 e. The zero-order valence-corrected chi connectivity index (χ0v) is 10.6. The molecule has 0 aromatic heterocycles. The summed E-state index contributed by atoms with van der Waals surface area (Å²) >= 11 is 0. The number of nitrogens with zero attached hydrogens (tertiary/aromatic N) is 1. The first kappa shape index (κ1) is 15.1. The van der Waals surface area contributed by atoms with Crippen molar-refractivity contribution < 1.29 is 22.7 Å². The van der Waals surface area contributed by atoms with E-state index in [1.165, 1.54) is 0 Å². The van der Waals surface area contributed by atoms with E-state index in [9.17, 15) is 18.0 Å². The van der Waals surface area contributed by atoms with Gasteiger partial charge in [-0.3, -0.25) is 4.90 Å². The summed E-state index contributed by atoms with van der Waals surface area (Å²) in [6.45, 7) is 3.23. The first-order valence-corrected chi connectivity index (χ1v) is 6.04. The summed E-state index contributed by atoms with van der Waals surface area (Å²) in [5.41, 5.74) is 0. The Balaban J connectivity index is 2.70. The second-order valence-corrected chi connectivity index (χ2v) is 4.66. The molecule has 4 nitrogen and oxygen atoms in total. The summed E-state index contributed by atoms with van der Waals surface area (Å²) in [6, 6.07) is -0.404. The van der Waals surface area contributed by atoms with Crippen LogP contribution in [0.1, 0.15) is 26.7 Å². The van der Waals surface area contributed by atoms with Crippen molar-refractivity contribution in [1.82, 2.24) is 10.2 Å². The van der Waals surface area contributed by atoms with Crippen molar-refractivity contribution in [3.63, 3.8) is 0 Å². The van der Waals surface area contributed by atoms with E-state index in [1.54, 1.807) is 13.8 Å². The van der Waals surface area contributed by atoms with Crippen LogP contribution in [0.15, 0.2) is 0 Å². The molecule has 0 aromatic rings. The van der Waals surface area contributed by atoms with Gasteiger partial charge in [0.2, 0.25) is 0 Å². The molecule has 0 aliphatic carbocycles. The lowest BCUT2D eigenvalue weighted by molar-refractivity contribution is -0.148. The first-order chi connectivity index (χ1) is 8.29. The Hall–Kier alpha value is -0.980. The van der Waals surface area contributed by atoms with E-state index in [1.807, 2.05) is 0 Å². The van der Waals surface area contributed by atoms with Crippen LogP contribution in [0.2, 0.25) is 0 Å². The van der Waals surface area contributed by atoms with Crippen molar-refractivity contribution in [1.29, 1.82) is 0 Å². The van der Waals surface area contributed by atoms with E-state index in [4.69, 9.17) is 4.74 Å². The minimum Gasteiger partial charge on any atom is -0.447 e. The van der Waals surface area contributed by atoms with Crippen molar-refractivity contribution >= 4 is 6.09 Å². The fourth-order valence-electron chi connectivity index (χ4n) is 1.92. The Bertz CT molecular complexity index is 276. The van der Waals surface area contributed by atoms with Crippen LogP contribution in [0, 0.1) is 0 Å². The Morgan fingerprint density at radius 3 is 2.39 bits per heavy atom. The molecule has 1 heterocycles. The maximum absolute atomic E-state index is 12.5. The highest BCUT2D eigenvalue weighted by atomic mass is 19.4. The normalized spacial score (nSPS) is 17.9. The van der Waals surface area contributed by atoms with Crippen molar-refractivity contribution in [2.75, 3.05) is 19.6 Å². The lowest BCUT2D eigenvalue weighted by atomic mass is 10.1. The van der Waals surface area contributed by atoms with Gasteiger partial charge in [0.1, 0.15) is 6.54 Å². The molecule has 1 N–H and O–H groups in total. The van der Waals surface area contributed by atoms with Crippen LogP contribution < -0.4 is 5.32 Å². The molecule has 0 atom stereocenters. The molecule has 0 saturated carbocycles. The molecule has 1 fully saturated rings. The number of rotatable bonds is 3. The van der Waals surface area contributed by atoms with E-state index in [0.717, 1.165) is 4.90 Å². The predicted molar refractivity (Wildman–Crippen MR) is 60.3 cm³/mol. The number of halogens is 3. The summed E-state index contributed by atoms with van der Waals surface area (Å²) in [4.78, 5) is 12.5. The molecule has 1 saturated heterocycles. The lowest BCUT2D eigenvalue weighted by Gasteiger charge is -2.34. The molecular formula is C11H19F3N2O2. The Kier molecular flexibility index (Phi) is 5.25. The van der Waals surface area contributed by atoms with Gasteiger partial charge in [-0.1, -0.05) is 0 Å². The summed E-state index contributed by atoms with van der Waals surface area (Å²) in [7, 11) is 0. The van der Waals surface area contributed by atoms with E-state index in [0.29, 0.717) is 25.9 Å². The van der Waals surface area contributed by atoms with E-state index < -0.39 is 31.0 Å². The highest BCUT2D eigenvalue weighted by Crippen LogP contribution is 2.22. The zero-order chi connectivity index (χ0) is 13.8. The molecule has 0 unspecified atom stereocenters. The highest BCUT2D eigenvalue weighted by Gasteiger charge is 2.37. The monoisotopic (exact) mass is 268 g/mol. The number of alkyl halides is 3. The molecule has 0 radical (unpaired) electrons. The van der Waals surface area contributed by atoms with Crippen LogP contribution in [0.4, 0.5) is 18.0 Å². The van der Waals surface area contributed by atoms with Gasteiger partial charge in [-0.2, -0.15) is 13.2 Å². The Morgan fingerprint density at radius 2 is 1.94 bits per heavy atom. The molecule has 1 rings (SSSR count). The summed E-state index contributed by atoms with van der Waals surface area (Å²) in [5.74, 6) is 0. The Labute approximate surface area is 104 Å². The van der Waals surface area contributed by atoms with Gasteiger partial charge in [0, 0.05) is 6.04 Å². The summed E-state index contributed by atoms with van der Waals surface area (Å²) in [5, 5.41) is 3.05. The fraction of sp³-hybridized carbons (Fsp3) is 0.909. The number of hydrogen-bond donors (Lipinski definition) is 1. The minimum absolute atomic E-state index is 0.404. The van der Waals surface area contributed by atoms with Gasteiger partial charge >= 0.3 is 12.3 Å². The minimum atomic E-state index is -4.40. The van der Waals surface area contributed by atoms with Gasteiger partial charge in [-0.15, -0.1) is 0 Å². The molecule has 0 aromatic carbocycles. The van der Waals surface area contributed by atoms with Crippen LogP contribution in [-0.4, -0.2) is 48.9 Å². The lowest BCUT2D eigenvalue weighted by Crippen LogP contribution is -2.50. The molecule has 7 heteroatoms. The number of ether oxygens (including phenoxy) is 1. The molecular weight excluding hydrogens is 249 g/mol. The smallest absolute Gasteiger partial charge is 0.410 e. The van der Waals surface area contributed by atoms with Crippen LogP contribution in [-0.2, 0) is 4.74 Å². The predicted octanol–water partition coefficient (Wildman–Crippen LogP) is 2.15. The van der Waals surface area contributed by atoms with E-state index in [-0.39, 0.29) is 0 Å². The standard InChI is InChI=1S/C11H19F3N2O2/c1-8(2)18-10(17)16(7-11(12,13)14)9-3-5-15-6-4-9/h8-9,15H,3-7H2,1-2H3. The molecule has 1 aliphatic rings. The highest BCUT2D eigenvalue weighted by molar-refractivity contribution is 5.68. The van der Waals surface area contributed by atoms with Crippen LogP contribution >= 0.6 is 0 Å². The van der Waals surface area contributed by atoms with Crippen LogP contribution in [0.5, 0.6) is 0 Å². The van der Waals surface area contributed by atoms with Crippen molar-refractivity contribution in [2.45, 2.75) is 45.0 Å². The number of amides is 1. The van der Waals surface area contributed by atoms with E-state index in [2.05, 4.69) is 5.32 Å². The third-order valence-corrected chi connectivity index (χ3v) is 2.67. The Morgan fingerprint density at radius 1 is 1.39 bits per heavy atom. The number of carbonyl (C=O) groups excluding carboxylic acids is 1. The van der Waals surface area contributed by atoms with Gasteiger partial charge in [0.05, 0.1) is 6.10 Å². The SMILES string of the molecule is CC(C)OC(=O)N(CC(F)(F)F)C1CCNCC1. The van der Waals surface area contributed by atoms with Gasteiger partial charge in [-0.05, 0) is 39.8 Å². The number of hydrogen-bond acceptors (Lipinski definition) is 3. The largest absolute Gasteiger partial charge is 0.447 e. The fourth-order valence-corrected chi connectivity index (χ4v) is 1.92. The van der Waals surface area contributed by atoms with Crippen molar-refractivity contribution in [3.05, 3.63) is 0 Å². The van der Waals surface area contributed by atoms with E-state index >= 15 is 0 Å².